The van der Waals surface area contributed by atoms with Crippen LogP contribution in [0.4, 0.5) is 0 Å². The molecule has 0 saturated carbocycles. The molecule has 0 rings (SSSR count). The molecule has 0 fully saturated rings. The van der Waals surface area contributed by atoms with Crippen molar-refractivity contribution in [3.05, 3.63) is 12.4 Å². The first-order valence-electron chi connectivity index (χ1n) is 3.30. The second kappa shape index (κ2) is 5.46. The van der Waals surface area contributed by atoms with Gasteiger partial charge in [-0.15, -0.1) is 0 Å². The molecule has 0 saturated heterocycles. The average molecular weight is 156 g/mol. The summed E-state index contributed by atoms with van der Waals surface area (Å²) in [5.41, 5.74) is 5.31. The van der Waals surface area contributed by atoms with Crippen LogP contribution in [0.15, 0.2) is 17.4 Å². The number of aliphatic imine (C=N–C) groups is 1. The topological polar surface area (TPSA) is 64.7 Å². The summed E-state index contributed by atoms with van der Waals surface area (Å²) < 4.78 is 4.66. The van der Waals surface area contributed by atoms with Gasteiger partial charge in [-0.1, -0.05) is 0 Å². The molecule has 0 heterocycles. The van der Waals surface area contributed by atoms with E-state index in [9.17, 15) is 4.79 Å². The van der Waals surface area contributed by atoms with Crippen molar-refractivity contribution in [3.63, 3.8) is 0 Å². The quantitative estimate of drug-likeness (QED) is 0.476. The Morgan fingerprint density at radius 3 is 2.82 bits per heavy atom. The maximum Gasteiger partial charge on any atom is 0.352 e. The van der Waals surface area contributed by atoms with E-state index < -0.39 is 5.97 Å². The molecule has 0 radical (unpaired) electrons. The minimum atomic E-state index is -0.411. The average Bonchev–Trinajstić information content (AvgIpc) is 2.00. The van der Waals surface area contributed by atoms with E-state index in [2.05, 4.69) is 9.73 Å². The molecule has 0 aromatic carbocycles. The van der Waals surface area contributed by atoms with Crippen LogP contribution in [0.5, 0.6) is 0 Å². The SMILES string of the molecule is CCOC(=O)C(C)=N/C=C\N. The number of nitrogens with two attached hydrogens (primary N) is 1. The highest BCUT2D eigenvalue weighted by Crippen LogP contribution is 1.84. The van der Waals surface area contributed by atoms with Crippen molar-refractivity contribution < 1.29 is 9.53 Å². The highest BCUT2D eigenvalue weighted by atomic mass is 16.5. The van der Waals surface area contributed by atoms with Gasteiger partial charge in [-0.25, -0.2) is 4.79 Å². The van der Waals surface area contributed by atoms with Crippen molar-refractivity contribution in [1.29, 1.82) is 0 Å². The van der Waals surface area contributed by atoms with Crippen LogP contribution in [-0.2, 0) is 9.53 Å². The lowest BCUT2D eigenvalue weighted by Gasteiger charge is -1.97. The number of hydrogen-bond donors (Lipinski definition) is 1. The van der Waals surface area contributed by atoms with Crippen molar-refractivity contribution in [2.45, 2.75) is 13.8 Å². The van der Waals surface area contributed by atoms with Crippen molar-refractivity contribution in [3.8, 4) is 0 Å². The number of hydrogen-bond acceptors (Lipinski definition) is 4. The molecule has 0 atom stereocenters. The van der Waals surface area contributed by atoms with E-state index in [0.29, 0.717) is 12.3 Å². The lowest BCUT2D eigenvalue weighted by molar-refractivity contribution is -0.135. The highest BCUT2D eigenvalue weighted by Gasteiger charge is 2.03. The van der Waals surface area contributed by atoms with Gasteiger partial charge in [0.15, 0.2) is 0 Å². The first-order valence-corrected chi connectivity index (χ1v) is 3.30. The summed E-state index contributed by atoms with van der Waals surface area (Å²) in [6.45, 7) is 3.67. The molecule has 0 aliphatic heterocycles. The van der Waals surface area contributed by atoms with E-state index in [-0.39, 0.29) is 0 Å². The van der Waals surface area contributed by atoms with E-state index in [1.807, 2.05) is 0 Å². The Kier molecular flexibility index (Phi) is 4.81. The van der Waals surface area contributed by atoms with E-state index in [0.717, 1.165) is 0 Å². The maximum atomic E-state index is 10.8. The Labute approximate surface area is 65.7 Å². The molecule has 0 aliphatic carbocycles. The van der Waals surface area contributed by atoms with Crippen LogP contribution in [0, 0.1) is 0 Å². The van der Waals surface area contributed by atoms with Gasteiger partial charge in [-0.3, -0.25) is 4.99 Å². The fraction of sp³-hybridized carbons (Fsp3) is 0.429. The Hall–Kier alpha value is -1.32. The van der Waals surface area contributed by atoms with E-state index in [4.69, 9.17) is 5.73 Å². The van der Waals surface area contributed by atoms with Gasteiger partial charge in [0.05, 0.1) is 6.61 Å². The largest absolute Gasteiger partial charge is 0.462 e. The molecule has 0 bridgehead atoms. The van der Waals surface area contributed by atoms with Crippen molar-refractivity contribution >= 4 is 11.7 Å². The number of esters is 1. The lowest BCUT2D eigenvalue weighted by atomic mass is 10.4. The Morgan fingerprint density at radius 2 is 2.36 bits per heavy atom. The van der Waals surface area contributed by atoms with E-state index in [1.165, 1.54) is 12.4 Å². The molecule has 0 aromatic heterocycles. The molecule has 2 N–H and O–H groups in total. The Balaban J connectivity index is 4.00. The van der Waals surface area contributed by atoms with Crippen LogP contribution < -0.4 is 5.73 Å². The molecule has 11 heavy (non-hydrogen) atoms. The van der Waals surface area contributed by atoms with Gasteiger partial charge < -0.3 is 10.5 Å². The van der Waals surface area contributed by atoms with Crippen LogP contribution in [0.1, 0.15) is 13.8 Å². The van der Waals surface area contributed by atoms with Gasteiger partial charge in [-0.05, 0) is 13.8 Å². The van der Waals surface area contributed by atoms with Crippen LogP contribution in [-0.4, -0.2) is 18.3 Å². The zero-order valence-corrected chi connectivity index (χ0v) is 6.70. The number of ether oxygens (including phenoxy) is 1. The van der Waals surface area contributed by atoms with E-state index in [1.54, 1.807) is 13.8 Å². The first-order chi connectivity index (χ1) is 5.22. The normalized spacial score (nSPS) is 12.0. The zero-order valence-electron chi connectivity index (χ0n) is 6.70. The van der Waals surface area contributed by atoms with Gasteiger partial charge in [0.1, 0.15) is 5.71 Å². The molecule has 0 aliphatic rings. The van der Waals surface area contributed by atoms with Gasteiger partial charge >= 0.3 is 5.97 Å². The summed E-state index contributed by atoms with van der Waals surface area (Å²) in [6.07, 6.45) is 2.59. The van der Waals surface area contributed by atoms with E-state index >= 15 is 0 Å². The minimum absolute atomic E-state index is 0.300. The number of nitrogens with zero attached hydrogens (tertiary/aromatic N) is 1. The fourth-order valence-electron chi connectivity index (χ4n) is 0.443. The summed E-state index contributed by atoms with van der Waals surface area (Å²) in [5, 5.41) is 0. The summed E-state index contributed by atoms with van der Waals surface area (Å²) in [7, 11) is 0. The molecule has 0 unspecified atom stereocenters. The molecule has 4 nitrogen and oxygen atoms in total. The standard InChI is InChI=1S/C7H12N2O2/c1-3-11-7(10)6(2)9-5-4-8/h4-5H,3,8H2,1-2H3/b5-4-,9-6?. The first kappa shape index (κ1) is 9.68. The van der Waals surface area contributed by atoms with Gasteiger partial charge in [0.2, 0.25) is 0 Å². The van der Waals surface area contributed by atoms with Gasteiger partial charge in [0, 0.05) is 12.4 Å². The second-order valence-corrected chi connectivity index (χ2v) is 1.78. The smallest absolute Gasteiger partial charge is 0.352 e. The van der Waals surface area contributed by atoms with Gasteiger partial charge in [0.25, 0.3) is 0 Å². The number of rotatable bonds is 3. The predicted molar refractivity (Wildman–Crippen MR) is 43.1 cm³/mol. The lowest BCUT2D eigenvalue weighted by Crippen LogP contribution is -2.13. The summed E-state index contributed by atoms with van der Waals surface area (Å²) >= 11 is 0. The molecule has 62 valence electrons. The molecule has 4 heteroatoms. The maximum absolute atomic E-state index is 10.8. The van der Waals surface area contributed by atoms with Crippen molar-refractivity contribution in [2.75, 3.05) is 6.61 Å². The summed E-state index contributed by atoms with van der Waals surface area (Å²) in [4.78, 5) is 14.5. The summed E-state index contributed by atoms with van der Waals surface area (Å²) in [5.74, 6) is -0.411. The zero-order chi connectivity index (χ0) is 8.69. The Morgan fingerprint density at radius 1 is 1.73 bits per heavy atom. The van der Waals surface area contributed by atoms with Crippen LogP contribution in [0.25, 0.3) is 0 Å². The molecular weight excluding hydrogens is 144 g/mol. The predicted octanol–water partition coefficient (Wildman–Crippen LogP) is 0.440. The van der Waals surface area contributed by atoms with Crippen molar-refractivity contribution in [1.82, 2.24) is 0 Å². The molecule has 0 spiro atoms. The Bertz CT molecular complexity index is 185. The number of carbonyl (C=O) groups is 1. The van der Waals surface area contributed by atoms with Crippen LogP contribution >= 0.6 is 0 Å². The van der Waals surface area contributed by atoms with Crippen molar-refractivity contribution in [2.24, 2.45) is 10.7 Å². The minimum Gasteiger partial charge on any atom is -0.462 e. The second-order valence-electron chi connectivity index (χ2n) is 1.78. The summed E-state index contributed by atoms with van der Waals surface area (Å²) in [6, 6.07) is 0. The van der Waals surface area contributed by atoms with Crippen LogP contribution in [0.2, 0.25) is 0 Å². The highest BCUT2D eigenvalue weighted by molar-refractivity contribution is 6.35. The molecule has 0 aromatic rings. The third kappa shape index (κ3) is 4.13. The third-order valence-corrected chi connectivity index (χ3v) is 0.925. The molecule has 0 amide bonds. The third-order valence-electron chi connectivity index (χ3n) is 0.925. The molecular formula is C7H12N2O2. The van der Waals surface area contributed by atoms with Crippen LogP contribution in [0.3, 0.4) is 0 Å². The fourth-order valence-corrected chi connectivity index (χ4v) is 0.443. The number of carbonyl (C=O) groups excluding carboxylic acids is 1. The van der Waals surface area contributed by atoms with Gasteiger partial charge in [-0.2, -0.15) is 0 Å². The monoisotopic (exact) mass is 156 g/mol.